The average Bonchev–Trinajstić information content (AvgIpc) is 2.56. The molecule has 0 aliphatic rings. The average molecular weight is 315 g/mol. The lowest BCUT2D eigenvalue weighted by atomic mass is 10.1. The number of aryl methyl sites for hydroxylation is 1. The van der Waals surface area contributed by atoms with Gasteiger partial charge in [-0.25, -0.2) is 0 Å². The topological polar surface area (TPSA) is 53.7 Å². The zero-order chi connectivity index (χ0) is 16.7. The van der Waals surface area contributed by atoms with E-state index in [4.69, 9.17) is 19.9 Å². The molecule has 0 fully saturated rings. The molecular formula is C19H25NO3. The maximum absolute atomic E-state index is 5.80. The Labute approximate surface area is 138 Å². The molecule has 23 heavy (non-hydrogen) atoms. The lowest BCUT2D eigenvalue weighted by molar-refractivity contribution is 0.207. The minimum Gasteiger partial charge on any atom is -0.490 e. The number of rotatable bonds is 8. The highest BCUT2D eigenvalue weighted by atomic mass is 16.5. The maximum atomic E-state index is 5.80. The van der Waals surface area contributed by atoms with E-state index in [-0.39, 0.29) is 0 Å². The smallest absolute Gasteiger partial charge is 0.161 e. The van der Waals surface area contributed by atoms with Gasteiger partial charge in [-0.3, -0.25) is 0 Å². The number of ether oxygens (including phenoxy) is 3. The van der Waals surface area contributed by atoms with Crippen molar-refractivity contribution in [3.63, 3.8) is 0 Å². The van der Waals surface area contributed by atoms with Crippen molar-refractivity contribution in [1.82, 2.24) is 0 Å². The van der Waals surface area contributed by atoms with Gasteiger partial charge in [-0.1, -0.05) is 18.2 Å². The second kappa shape index (κ2) is 8.44. The number of hydrogen-bond donors (Lipinski definition) is 1. The van der Waals surface area contributed by atoms with Crippen LogP contribution < -0.4 is 19.9 Å². The van der Waals surface area contributed by atoms with Crippen molar-refractivity contribution in [3.05, 3.63) is 53.1 Å². The van der Waals surface area contributed by atoms with Gasteiger partial charge in [0.2, 0.25) is 0 Å². The monoisotopic (exact) mass is 315 g/mol. The molecule has 0 amide bonds. The van der Waals surface area contributed by atoms with E-state index in [1.807, 2.05) is 37.3 Å². The Balaban J connectivity index is 1.92. The van der Waals surface area contributed by atoms with E-state index in [2.05, 4.69) is 19.9 Å². The highest BCUT2D eigenvalue weighted by Gasteiger charge is 2.07. The molecule has 0 aliphatic carbocycles. The first-order chi connectivity index (χ1) is 11.2. The van der Waals surface area contributed by atoms with Crippen molar-refractivity contribution in [2.45, 2.75) is 27.3 Å². The highest BCUT2D eigenvalue weighted by molar-refractivity contribution is 5.43. The molecule has 0 aliphatic heterocycles. The van der Waals surface area contributed by atoms with E-state index in [0.717, 1.165) is 22.6 Å². The van der Waals surface area contributed by atoms with E-state index in [9.17, 15) is 0 Å². The van der Waals surface area contributed by atoms with E-state index in [1.54, 1.807) is 0 Å². The molecule has 2 aromatic rings. The zero-order valence-corrected chi connectivity index (χ0v) is 14.1. The molecule has 0 atom stereocenters. The lowest BCUT2D eigenvalue weighted by Crippen LogP contribution is -2.11. The van der Waals surface area contributed by atoms with Crippen LogP contribution in [0.5, 0.6) is 17.2 Å². The van der Waals surface area contributed by atoms with Crippen molar-refractivity contribution in [2.24, 2.45) is 5.73 Å². The molecule has 0 aromatic heterocycles. The van der Waals surface area contributed by atoms with Gasteiger partial charge in [-0.2, -0.15) is 0 Å². The van der Waals surface area contributed by atoms with Crippen molar-refractivity contribution in [3.8, 4) is 17.2 Å². The van der Waals surface area contributed by atoms with Crippen LogP contribution in [0.4, 0.5) is 0 Å². The van der Waals surface area contributed by atoms with Crippen molar-refractivity contribution in [2.75, 3.05) is 19.8 Å². The number of nitrogens with two attached hydrogens (primary N) is 1. The molecule has 0 saturated heterocycles. The van der Waals surface area contributed by atoms with Gasteiger partial charge in [-0.15, -0.1) is 0 Å². The number of benzene rings is 2. The van der Waals surface area contributed by atoms with Crippen LogP contribution in [0.15, 0.2) is 36.4 Å². The summed E-state index contributed by atoms with van der Waals surface area (Å²) in [7, 11) is 0. The van der Waals surface area contributed by atoms with E-state index in [1.165, 1.54) is 5.56 Å². The van der Waals surface area contributed by atoms with Crippen molar-refractivity contribution < 1.29 is 14.2 Å². The van der Waals surface area contributed by atoms with Gasteiger partial charge in [0.1, 0.15) is 19.0 Å². The van der Waals surface area contributed by atoms with Gasteiger partial charge in [0.25, 0.3) is 0 Å². The predicted molar refractivity (Wildman–Crippen MR) is 92.4 cm³/mol. The Morgan fingerprint density at radius 3 is 2.30 bits per heavy atom. The molecule has 0 radical (unpaired) electrons. The van der Waals surface area contributed by atoms with E-state index < -0.39 is 0 Å². The first-order valence-corrected chi connectivity index (χ1v) is 7.93. The Kier molecular flexibility index (Phi) is 6.29. The summed E-state index contributed by atoms with van der Waals surface area (Å²) in [5.74, 6) is 2.34. The Hall–Kier alpha value is -2.20. The Bertz CT molecular complexity index is 641. The summed E-state index contributed by atoms with van der Waals surface area (Å²) >= 11 is 0. The summed E-state index contributed by atoms with van der Waals surface area (Å²) in [6.45, 7) is 8.09. The van der Waals surface area contributed by atoms with Crippen molar-refractivity contribution in [1.29, 1.82) is 0 Å². The molecule has 2 N–H and O–H groups in total. The van der Waals surface area contributed by atoms with Gasteiger partial charge in [0.15, 0.2) is 11.5 Å². The second-order valence-corrected chi connectivity index (χ2v) is 5.31. The van der Waals surface area contributed by atoms with Gasteiger partial charge in [-0.05, 0) is 55.7 Å². The summed E-state index contributed by atoms with van der Waals surface area (Å²) in [6, 6.07) is 11.8. The van der Waals surface area contributed by atoms with Crippen LogP contribution in [0, 0.1) is 13.8 Å². The molecule has 0 spiro atoms. The Morgan fingerprint density at radius 2 is 1.61 bits per heavy atom. The molecule has 2 aromatic carbocycles. The fourth-order valence-electron chi connectivity index (χ4n) is 2.25. The molecule has 4 heteroatoms. The van der Waals surface area contributed by atoms with Crippen LogP contribution in [0.1, 0.15) is 23.6 Å². The van der Waals surface area contributed by atoms with Gasteiger partial charge < -0.3 is 19.9 Å². The predicted octanol–water partition coefficient (Wildman–Crippen LogP) is 3.62. The fourth-order valence-corrected chi connectivity index (χ4v) is 2.25. The summed E-state index contributed by atoms with van der Waals surface area (Å²) in [5, 5.41) is 0. The van der Waals surface area contributed by atoms with Gasteiger partial charge in [0.05, 0.1) is 6.61 Å². The third-order valence-electron chi connectivity index (χ3n) is 3.70. The highest BCUT2D eigenvalue weighted by Crippen LogP contribution is 2.28. The minimum atomic E-state index is 0.454. The normalized spacial score (nSPS) is 10.4. The third kappa shape index (κ3) is 4.63. The first-order valence-electron chi connectivity index (χ1n) is 7.93. The third-order valence-corrected chi connectivity index (χ3v) is 3.70. The summed E-state index contributed by atoms with van der Waals surface area (Å²) < 4.78 is 17.2. The molecule has 4 nitrogen and oxygen atoms in total. The lowest BCUT2D eigenvalue weighted by Gasteiger charge is -2.14. The van der Waals surface area contributed by atoms with Gasteiger partial charge in [0, 0.05) is 6.54 Å². The molecule has 0 saturated carbocycles. The SMILES string of the molecule is CCOc1cc(CN)ccc1OCCOc1cccc(C)c1C. The zero-order valence-electron chi connectivity index (χ0n) is 14.1. The van der Waals surface area contributed by atoms with E-state index >= 15 is 0 Å². The summed E-state index contributed by atoms with van der Waals surface area (Å²) in [6.07, 6.45) is 0. The van der Waals surface area contributed by atoms with Crippen LogP contribution in [0.3, 0.4) is 0 Å². The largest absolute Gasteiger partial charge is 0.490 e. The van der Waals surface area contributed by atoms with Crippen LogP contribution in [0.2, 0.25) is 0 Å². The van der Waals surface area contributed by atoms with Gasteiger partial charge >= 0.3 is 0 Å². The molecule has 0 unspecified atom stereocenters. The Morgan fingerprint density at radius 1 is 0.870 bits per heavy atom. The van der Waals surface area contributed by atoms with Crippen LogP contribution in [-0.4, -0.2) is 19.8 Å². The molecule has 0 bridgehead atoms. The molecule has 2 rings (SSSR count). The summed E-state index contributed by atoms with van der Waals surface area (Å²) in [5.41, 5.74) is 9.07. The number of hydrogen-bond acceptors (Lipinski definition) is 4. The maximum Gasteiger partial charge on any atom is 0.161 e. The van der Waals surface area contributed by atoms with Crippen LogP contribution >= 0.6 is 0 Å². The van der Waals surface area contributed by atoms with Crippen LogP contribution in [-0.2, 0) is 6.54 Å². The van der Waals surface area contributed by atoms with E-state index in [0.29, 0.717) is 32.1 Å². The first kappa shape index (κ1) is 17.2. The quantitative estimate of drug-likeness (QED) is 0.756. The minimum absolute atomic E-state index is 0.454. The van der Waals surface area contributed by atoms with Crippen LogP contribution in [0.25, 0.3) is 0 Å². The standard InChI is InChI=1S/C19H25NO3/c1-4-21-19-12-16(13-20)8-9-18(19)23-11-10-22-17-7-5-6-14(2)15(17)3/h5-9,12H,4,10-11,13,20H2,1-3H3. The molecular weight excluding hydrogens is 290 g/mol. The molecule has 124 valence electrons. The fraction of sp³-hybridized carbons (Fsp3) is 0.368. The van der Waals surface area contributed by atoms with Crippen molar-refractivity contribution >= 4 is 0 Å². The summed E-state index contributed by atoms with van der Waals surface area (Å²) in [4.78, 5) is 0. The molecule has 0 heterocycles. The second-order valence-electron chi connectivity index (χ2n) is 5.31.